The van der Waals surface area contributed by atoms with E-state index in [1.807, 2.05) is 48.0 Å². The molecule has 0 aliphatic rings. The number of carbonyl (C=O) groups is 1. The predicted octanol–water partition coefficient (Wildman–Crippen LogP) is 3.38. The molecule has 3 nitrogen and oxygen atoms in total. The Labute approximate surface area is 128 Å². The van der Waals surface area contributed by atoms with Gasteiger partial charge in [0, 0.05) is 24.0 Å². The van der Waals surface area contributed by atoms with Crippen molar-refractivity contribution < 1.29 is 4.79 Å². The first-order chi connectivity index (χ1) is 9.59. The minimum Gasteiger partial charge on any atom is -0.393 e. The third kappa shape index (κ3) is 3.43. The maximum atomic E-state index is 12.7. The van der Waals surface area contributed by atoms with E-state index in [0.29, 0.717) is 18.0 Å². The number of rotatable bonds is 5. The van der Waals surface area contributed by atoms with Crippen LogP contribution in [0.1, 0.15) is 22.3 Å². The molecule has 0 saturated carbocycles. The smallest absolute Gasteiger partial charge is 0.259 e. The summed E-state index contributed by atoms with van der Waals surface area (Å²) < 4.78 is 0. The second-order valence-electron chi connectivity index (χ2n) is 4.48. The zero-order chi connectivity index (χ0) is 14.5. The Balaban J connectivity index is 2.29. The average Bonchev–Trinajstić information content (AvgIpc) is 2.86. The van der Waals surface area contributed by atoms with Crippen LogP contribution in [0.2, 0.25) is 0 Å². The van der Waals surface area contributed by atoms with E-state index in [0.717, 1.165) is 16.8 Å². The van der Waals surface area contributed by atoms with Crippen molar-refractivity contribution in [3.05, 3.63) is 52.2 Å². The Morgan fingerprint density at radius 3 is 2.55 bits per heavy atom. The third-order valence-electron chi connectivity index (χ3n) is 2.98. The molecule has 1 aromatic heterocycles. The van der Waals surface area contributed by atoms with Gasteiger partial charge in [-0.1, -0.05) is 30.4 Å². The molecule has 0 saturated heterocycles. The molecule has 2 N–H and O–H groups in total. The second-order valence-corrected chi connectivity index (χ2v) is 5.75. The van der Waals surface area contributed by atoms with Crippen molar-refractivity contribution in [1.82, 2.24) is 0 Å². The fourth-order valence-corrected chi connectivity index (χ4v) is 2.82. The van der Waals surface area contributed by atoms with Crippen molar-refractivity contribution in [2.24, 2.45) is 5.73 Å². The first-order valence-electron chi connectivity index (χ1n) is 6.27. The van der Waals surface area contributed by atoms with Crippen LogP contribution in [0, 0.1) is 6.92 Å². The van der Waals surface area contributed by atoms with Crippen LogP contribution >= 0.6 is 23.6 Å². The van der Waals surface area contributed by atoms with Crippen molar-refractivity contribution in [1.29, 1.82) is 0 Å². The summed E-state index contributed by atoms with van der Waals surface area (Å²) in [6.07, 6.45) is 0.513. The Morgan fingerprint density at radius 2 is 2.00 bits per heavy atom. The summed E-state index contributed by atoms with van der Waals surface area (Å²) >= 11 is 6.45. The van der Waals surface area contributed by atoms with Crippen molar-refractivity contribution in [2.45, 2.75) is 13.3 Å². The van der Waals surface area contributed by atoms with E-state index in [4.69, 9.17) is 18.0 Å². The largest absolute Gasteiger partial charge is 0.393 e. The number of thiophene rings is 1. The van der Waals surface area contributed by atoms with Crippen LogP contribution < -0.4 is 10.6 Å². The summed E-state index contributed by atoms with van der Waals surface area (Å²) in [4.78, 5) is 14.8. The lowest BCUT2D eigenvalue weighted by atomic mass is 10.1. The summed E-state index contributed by atoms with van der Waals surface area (Å²) in [7, 11) is 0. The average molecular weight is 304 g/mol. The molecule has 1 amide bonds. The molecule has 0 unspecified atom stereocenters. The first kappa shape index (κ1) is 14.7. The number of thiocarbonyl (C=S) groups is 1. The molecule has 0 spiro atoms. The van der Waals surface area contributed by atoms with Gasteiger partial charge in [0.15, 0.2) is 0 Å². The third-order valence-corrected chi connectivity index (χ3v) is 4.05. The molecule has 0 bridgehead atoms. The number of para-hydroxylation sites is 1. The van der Waals surface area contributed by atoms with Crippen molar-refractivity contribution in [2.75, 3.05) is 11.4 Å². The molecular weight excluding hydrogens is 288 g/mol. The molecule has 0 aliphatic carbocycles. The number of nitrogens with two attached hydrogens (primary N) is 1. The van der Waals surface area contributed by atoms with Crippen LogP contribution in [0.25, 0.3) is 0 Å². The van der Waals surface area contributed by atoms with Crippen LogP contribution in [-0.4, -0.2) is 17.4 Å². The lowest BCUT2D eigenvalue weighted by Gasteiger charge is -2.22. The topological polar surface area (TPSA) is 46.3 Å². The maximum absolute atomic E-state index is 12.7. The van der Waals surface area contributed by atoms with Gasteiger partial charge in [-0.05, 0) is 30.0 Å². The molecule has 0 atom stereocenters. The van der Waals surface area contributed by atoms with E-state index in [1.54, 1.807) is 4.90 Å². The van der Waals surface area contributed by atoms with Crippen molar-refractivity contribution >= 4 is 40.1 Å². The van der Waals surface area contributed by atoms with Gasteiger partial charge in [0.2, 0.25) is 0 Å². The van der Waals surface area contributed by atoms with E-state index in [9.17, 15) is 4.79 Å². The molecule has 104 valence electrons. The van der Waals surface area contributed by atoms with Gasteiger partial charge in [0.05, 0.1) is 10.6 Å². The number of aryl methyl sites for hydroxylation is 1. The molecule has 0 fully saturated rings. The summed E-state index contributed by atoms with van der Waals surface area (Å²) in [5.74, 6) is -0.00815. The van der Waals surface area contributed by atoms with Crippen LogP contribution in [0.15, 0.2) is 41.1 Å². The lowest BCUT2D eigenvalue weighted by Crippen LogP contribution is -2.33. The van der Waals surface area contributed by atoms with Gasteiger partial charge in [-0.15, -0.1) is 0 Å². The lowest BCUT2D eigenvalue weighted by molar-refractivity contribution is 0.0987. The number of anilines is 1. The van der Waals surface area contributed by atoms with Crippen molar-refractivity contribution in [3.63, 3.8) is 0 Å². The molecule has 2 aromatic rings. The predicted molar refractivity (Wildman–Crippen MR) is 88.6 cm³/mol. The highest BCUT2D eigenvalue weighted by molar-refractivity contribution is 7.80. The highest BCUT2D eigenvalue weighted by Crippen LogP contribution is 2.21. The molecular formula is C15H16N2OS2. The Kier molecular flexibility index (Phi) is 4.87. The van der Waals surface area contributed by atoms with Crippen LogP contribution in [-0.2, 0) is 0 Å². The maximum Gasteiger partial charge on any atom is 0.259 e. The van der Waals surface area contributed by atoms with E-state index in [-0.39, 0.29) is 5.91 Å². The molecule has 2 rings (SSSR count). The standard InChI is InChI=1S/C15H16N2OS2/c1-11-9-20-10-13(11)15(18)17(8-7-14(16)19)12-5-3-2-4-6-12/h2-6,9-10H,7-8H2,1H3,(H2,16,19). The normalized spacial score (nSPS) is 10.2. The molecule has 0 radical (unpaired) electrons. The van der Waals surface area contributed by atoms with Gasteiger partial charge in [-0.2, -0.15) is 11.3 Å². The minimum atomic E-state index is -0.00815. The quantitative estimate of drug-likeness (QED) is 0.861. The van der Waals surface area contributed by atoms with Gasteiger partial charge in [-0.3, -0.25) is 4.79 Å². The van der Waals surface area contributed by atoms with Gasteiger partial charge in [0.1, 0.15) is 0 Å². The van der Waals surface area contributed by atoms with Crippen LogP contribution in [0.3, 0.4) is 0 Å². The molecule has 1 aromatic carbocycles. The molecule has 20 heavy (non-hydrogen) atoms. The fraction of sp³-hybridized carbons (Fsp3) is 0.200. The van der Waals surface area contributed by atoms with Gasteiger partial charge < -0.3 is 10.6 Å². The van der Waals surface area contributed by atoms with E-state index in [2.05, 4.69) is 0 Å². The highest BCUT2D eigenvalue weighted by Gasteiger charge is 2.19. The summed E-state index contributed by atoms with van der Waals surface area (Å²) in [6, 6.07) is 9.58. The Bertz CT molecular complexity index is 607. The van der Waals surface area contributed by atoms with Crippen LogP contribution in [0.4, 0.5) is 5.69 Å². The number of benzene rings is 1. The highest BCUT2D eigenvalue weighted by atomic mass is 32.1. The number of amides is 1. The molecule has 0 aliphatic heterocycles. The van der Waals surface area contributed by atoms with E-state index >= 15 is 0 Å². The number of hydrogen-bond donors (Lipinski definition) is 1. The summed E-state index contributed by atoms with van der Waals surface area (Å²) in [5, 5.41) is 3.86. The number of nitrogens with zero attached hydrogens (tertiary/aromatic N) is 1. The zero-order valence-electron chi connectivity index (χ0n) is 11.2. The van der Waals surface area contributed by atoms with Gasteiger partial charge >= 0.3 is 0 Å². The van der Waals surface area contributed by atoms with Crippen molar-refractivity contribution in [3.8, 4) is 0 Å². The first-order valence-corrected chi connectivity index (χ1v) is 7.62. The number of carbonyl (C=O) groups excluding carboxylic acids is 1. The molecule has 5 heteroatoms. The Morgan fingerprint density at radius 1 is 1.30 bits per heavy atom. The second kappa shape index (κ2) is 6.63. The van der Waals surface area contributed by atoms with Gasteiger partial charge in [-0.25, -0.2) is 0 Å². The van der Waals surface area contributed by atoms with Crippen LogP contribution in [0.5, 0.6) is 0 Å². The monoisotopic (exact) mass is 304 g/mol. The van der Waals surface area contributed by atoms with E-state index < -0.39 is 0 Å². The molecule has 1 heterocycles. The minimum absolute atomic E-state index is 0.00815. The summed E-state index contributed by atoms with van der Waals surface area (Å²) in [6.45, 7) is 2.44. The van der Waals surface area contributed by atoms with E-state index in [1.165, 1.54) is 11.3 Å². The summed E-state index contributed by atoms with van der Waals surface area (Å²) in [5.41, 5.74) is 8.16. The fourth-order valence-electron chi connectivity index (χ4n) is 1.90. The zero-order valence-corrected chi connectivity index (χ0v) is 12.8. The number of hydrogen-bond acceptors (Lipinski definition) is 3. The van der Waals surface area contributed by atoms with Gasteiger partial charge in [0.25, 0.3) is 5.91 Å². The Hall–Kier alpha value is -1.72. The SMILES string of the molecule is Cc1cscc1C(=O)N(CCC(N)=S)c1ccccc1.